The first kappa shape index (κ1) is 10.8. The number of aromatic hydroxyl groups is 1. The number of benzene rings is 1. The molecule has 0 aliphatic rings. The molecule has 1 rings (SSSR count). The van der Waals surface area contributed by atoms with Gasteiger partial charge in [-0.2, -0.15) is 0 Å². The Morgan fingerprint density at radius 1 is 1.50 bits per heavy atom. The minimum absolute atomic E-state index is 0.0898. The van der Waals surface area contributed by atoms with Crippen LogP contribution >= 0.6 is 11.6 Å². The Bertz CT molecular complexity index is 351. The number of rotatable bonds is 3. The van der Waals surface area contributed by atoms with Crippen LogP contribution in [0.2, 0.25) is 5.02 Å². The second kappa shape index (κ2) is 4.30. The molecule has 4 nitrogen and oxygen atoms in total. The molecule has 5 heteroatoms. The number of hydrogen-bond donors (Lipinski definition) is 3. The van der Waals surface area contributed by atoms with Crippen molar-refractivity contribution in [3.8, 4) is 5.75 Å². The van der Waals surface area contributed by atoms with E-state index in [9.17, 15) is 9.90 Å². The molecule has 1 aromatic rings. The topological polar surface area (TPSA) is 77.8 Å². The molecule has 14 heavy (non-hydrogen) atoms. The number of aliphatic hydroxyl groups is 1. The lowest BCUT2D eigenvalue weighted by Crippen LogP contribution is -2.05. The number of aliphatic hydroxyl groups excluding tert-OH is 1. The van der Waals surface area contributed by atoms with Crippen LogP contribution in [0.15, 0.2) is 18.2 Å². The zero-order valence-corrected chi connectivity index (χ0v) is 7.90. The summed E-state index contributed by atoms with van der Waals surface area (Å²) < 4.78 is 0. The third-order valence-electron chi connectivity index (χ3n) is 1.72. The zero-order valence-electron chi connectivity index (χ0n) is 7.14. The highest BCUT2D eigenvalue weighted by atomic mass is 35.5. The van der Waals surface area contributed by atoms with E-state index in [1.165, 1.54) is 18.2 Å². The van der Waals surface area contributed by atoms with E-state index in [1.54, 1.807) is 0 Å². The second-order valence-electron chi connectivity index (χ2n) is 2.82. The number of phenols is 1. The van der Waals surface area contributed by atoms with Gasteiger partial charge in [-0.25, -0.2) is 0 Å². The largest absolute Gasteiger partial charge is 0.506 e. The molecule has 1 atom stereocenters. The minimum Gasteiger partial charge on any atom is -0.506 e. The van der Waals surface area contributed by atoms with E-state index in [2.05, 4.69) is 0 Å². The molecule has 0 aliphatic carbocycles. The van der Waals surface area contributed by atoms with Gasteiger partial charge in [0.25, 0.3) is 0 Å². The molecule has 0 spiro atoms. The van der Waals surface area contributed by atoms with Crippen molar-refractivity contribution >= 4 is 17.6 Å². The van der Waals surface area contributed by atoms with Crippen LogP contribution in [0.25, 0.3) is 0 Å². The summed E-state index contributed by atoms with van der Waals surface area (Å²) in [5.74, 6) is -1.19. The molecule has 0 radical (unpaired) electrons. The molecule has 0 bridgehead atoms. The summed E-state index contributed by atoms with van der Waals surface area (Å²) in [7, 11) is 0. The molecule has 0 heterocycles. The highest BCUT2D eigenvalue weighted by Gasteiger charge is 2.13. The number of hydrogen-bond acceptors (Lipinski definition) is 3. The third-order valence-corrected chi connectivity index (χ3v) is 2.03. The Morgan fingerprint density at radius 2 is 2.14 bits per heavy atom. The van der Waals surface area contributed by atoms with Crippen LogP contribution in [0, 0.1) is 0 Å². The van der Waals surface area contributed by atoms with Crippen molar-refractivity contribution in [3.63, 3.8) is 0 Å². The van der Waals surface area contributed by atoms with Crippen LogP contribution in [0.1, 0.15) is 18.1 Å². The number of carbonyl (C=O) groups is 1. The summed E-state index contributed by atoms with van der Waals surface area (Å²) in [6, 6.07) is 4.07. The van der Waals surface area contributed by atoms with Gasteiger partial charge < -0.3 is 15.3 Å². The van der Waals surface area contributed by atoms with Crippen LogP contribution in [-0.2, 0) is 4.79 Å². The quantitative estimate of drug-likeness (QED) is 0.717. The molecular formula is C9H9ClO4. The van der Waals surface area contributed by atoms with Crippen molar-refractivity contribution in [3.05, 3.63) is 28.8 Å². The lowest BCUT2D eigenvalue weighted by molar-refractivity contribution is -0.139. The van der Waals surface area contributed by atoms with E-state index < -0.39 is 12.1 Å². The number of carboxylic acid groups (broad SMARTS) is 1. The van der Waals surface area contributed by atoms with E-state index in [0.717, 1.165) is 0 Å². The molecular weight excluding hydrogens is 208 g/mol. The summed E-state index contributed by atoms with van der Waals surface area (Å²) >= 11 is 5.59. The second-order valence-corrected chi connectivity index (χ2v) is 3.23. The molecule has 76 valence electrons. The molecule has 0 unspecified atom stereocenters. The Balaban J connectivity index is 2.85. The first-order chi connectivity index (χ1) is 6.50. The van der Waals surface area contributed by atoms with Crippen molar-refractivity contribution < 1.29 is 20.1 Å². The van der Waals surface area contributed by atoms with Gasteiger partial charge in [0.2, 0.25) is 0 Å². The van der Waals surface area contributed by atoms with Gasteiger partial charge in [-0.15, -0.1) is 0 Å². The average Bonchev–Trinajstić information content (AvgIpc) is 2.08. The molecule has 0 saturated heterocycles. The Morgan fingerprint density at radius 3 is 2.64 bits per heavy atom. The van der Waals surface area contributed by atoms with Gasteiger partial charge in [0.1, 0.15) is 5.75 Å². The first-order valence-electron chi connectivity index (χ1n) is 3.89. The Kier molecular flexibility index (Phi) is 3.33. The predicted molar refractivity (Wildman–Crippen MR) is 50.3 cm³/mol. The Hall–Kier alpha value is -1.26. The maximum absolute atomic E-state index is 10.3. The monoisotopic (exact) mass is 216 g/mol. The van der Waals surface area contributed by atoms with Crippen LogP contribution in [0.4, 0.5) is 0 Å². The van der Waals surface area contributed by atoms with Crippen molar-refractivity contribution in [2.24, 2.45) is 0 Å². The average molecular weight is 217 g/mol. The van der Waals surface area contributed by atoms with E-state index in [4.69, 9.17) is 21.8 Å². The van der Waals surface area contributed by atoms with Gasteiger partial charge in [0.15, 0.2) is 0 Å². The van der Waals surface area contributed by atoms with Gasteiger partial charge in [-0.05, 0) is 17.7 Å². The fraction of sp³-hybridized carbons (Fsp3) is 0.222. The molecule has 1 aromatic carbocycles. The van der Waals surface area contributed by atoms with E-state index >= 15 is 0 Å². The summed E-state index contributed by atoms with van der Waals surface area (Å²) in [5.41, 5.74) is 0.371. The number of carboxylic acids is 1. The van der Waals surface area contributed by atoms with Gasteiger partial charge in [-0.1, -0.05) is 17.7 Å². The number of aliphatic carboxylic acids is 1. The van der Waals surface area contributed by atoms with Crippen molar-refractivity contribution in [2.45, 2.75) is 12.5 Å². The number of halogens is 1. The SMILES string of the molecule is O=C(O)C[C@H](O)c1ccc(O)c(Cl)c1. The van der Waals surface area contributed by atoms with Gasteiger partial charge in [-0.3, -0.25) is 4.79 Å². The predicted octanol–water partition coefficient (Wildman–Crippen LogP) is 1.55. The van der Waals surface area contributed by atoms with Crippen LogP contribution in [0.3, 0.4) is 0 Å². The van der Waals surface area contributed by atoms with Crippen molar-refractivity contribution in [2.75, 3.05) is 0 Å². The van der Waals surface area contributed by atoms with Crippen LogP contribution < -0.4 is 0 Å². The van der Waals surface area contributed by atoms with Gasteiger partial charge >= 0.3 is 5.97 Å². The highest BCUT2D eigenvalue weighted by molar-refractivity contribution is 6.32. The minimum atomic E-state index is -1.11. The summed E-state index contributed by atoms with van der Waals surface area (Å²) in [6.45, 7) is 0. The van der Waals surface area contributed by atoms with Gasteiger partial charge in [0.05, 0.1) is 17.5 Å². The third kappa shape index (κ3) is 2.61. The first-order valence-corrected chi connectivity index (χ1v) is 4.26. The molecule has 3 N–H and O–H groups in total. The molecule has 0 aliphatic heterocycles. The van der Waals surface area contributed by atoms with Crippen LogP contribution in [0.5, 0.6) is 5.75 Å². The highest BCUT2D eigenvalue weighted by Crippen LogP contribution is 2.27. The van der Waals surface area contributed by atoms with E-state index in [0.29, 0.717) is 5.56 Å². The molecule has 0 fully saturated rings. The normalized spacial score (nSPS) is 12.4. The standard InChI is InChI=1S/C9H9ClO4/c10-6-3-5(1-2-7(6)11)8(12)4-9(13)14/h1-3,8,11-12H,4H2,(H,13,14)/t8-/m0/s1. The smallest absolute Gasteiger partial charge is 0.306 e. The fourth-order valence-corrected chi connectivity index (χ4v) is 1.20. The van der Waals surface area contributed by atoms with Crippen molar-refractivity contribution in [1.29, 1.82) is 0 Å². The Labute approximate surface area is 85.4 Å². The zero-order chi connectivity index (χ0) is 10.7. The maximum Gasteiger partial charge on any atom is 0.306 e. The maximum atomic E-state index is 10.3. The summed E-state index contributed by atoms with van der Waals surface area (Å²) in [5, 5.41) is 27.0. The van der Waals surface area contributed by atoms with E-state index in [1.807, 2.05) is 0 Å². The fourth-order valence-electron chi connectivity index (χ4n) is 1.01. The molecule has 0 saturated carbocycles. The summed E-state index contributed by atoms with van der Waals surface area (Å²) in [4.78, 5) is 10.3. The van der Waals surface area contributed by atoms with E-state index in [-0.39, 0.29) is 17.2 Å². The van der Waals surface area contributed by atoms with Crippen LogP contribution in [-0.4, -0.2) is 21.3 Å². The van der Waals surface area contributed by atoms with Gasteiger partial charge in [0, 0.05) is 0 Å². The lowest BCUT2D eigenvalue weighted by atomic mass is 10.1. The molecule has 0 aromatic heterocycles. The summed E-state index contributed by atoms with van der Waals surface area (Å²) in [6.07, 6.45) is -1.49. The van der Waals surface area contributed by atoms with Crippen molar-refractivity contribution in [1.82, 2.24) is 0 Å². The lowest BCUT2D eigenvalue weighted by Gasteiger charge is -2.08. The number of phenolic OH excluding ortho intramolecular Hbond substituents is 1. The molecule has 0 amide bonds.